The number of carbonyl (C=O) groups is 1. The van der Waals surface area contributed by atoms with E-state index in [1.54, 1.807) is 17.0 Å². The SMILES string of the molecule is CN1CCC(Nc2ccccc2NC(=O)/C=C/c2cnn(C)c2)CC1. The highest BCUT2D eigenvalue weighted by atomic mass is 16.1. The van der Waals surface area contributed by atoms with Gasteiger partial charge in [0.2, 0.25) is 5.91 Å². The molecule has 0 spiro atoms. The van der Waals surface area contributed by atoms with Crippen molar-refractivity contribution in [2.24, 2.45) is 7.05 Å². The summed E-state index contributed by atoms with van der Waals surface area (Å²) in [5, 5.41) is 10.6. The third kappa shape index (κ3) is 4.93. The molecule has 0 radical (unpaired) electrons. The van der Waals surface area contributed by atoms with E-state index in [4.69, 9.17) is 0 Å². The van der Waals surface area contributed by atoms with Gasteiger partial charge in [-0.25, -0.2) is 0 Å². The van der Waals surface area contributed by atoms with Gasteiger partial charge in [-0.15, -0.1) is 0 Å². The number of para-hydroxylation sites is 2. The second-order valence-corrected chi connectivity index (χ2v) is 6.54. The van der Waals surface area contributed by atoms with Crippen molar-refractivity contribution < 1.29 is 4.79 Å². The standard InChI is InChI=1S/C19H25N5O/c1-23-11-9-16(10-12-23)21-17-5-3-4-6-18(17)22-19(25)8-7-15-13-20-24(2)14-15/h3-8,13-14,16,21H,9-12H2,1-2H3,(H,22,25)/b8-7+. The van der Waals surface area contributed by atoms with Gasteiger partial charge in [0.15, 0.2) is 0 Å². The molecule has 3 rings (SSSR count). The van der Waals surface area contributed by atoms with E-state index in [1.165, 1.54) is 6.08 Å². The molecule has 0 atom stereocenters. The Hall–Kier alpha value is -2.60. The zero-order chi connectivity index (χ0) is 17.6. The Labute approximate surface area is 148 Å². The van der Waals surface area contributed by atoms with Crippen LogP contribution in [0.25, 0.3) is 6.08 Å². The van der Waals surface area contributed by atoms with Crippen LogP contribution in [0.1, 0.15) is 18.4 Å². The van der Waals surface area contributed by atoms with Crippen LogP contribution in [0.5, 0.6) is 0 Å². The lowest BCUT2D eigenvalue weighted by atomic mass is 10.0. The highest BCUT2D eigenvalue weighted by Crippen LogP contribution is 2.24. The monoisotopic (exact) mass is 339 g/mol. The summed E-state index contributed by atoms with van der Waals surface area (Å²) in [4.78, 5) is 14.6. The zero-order valence-corrected chi connectivity index (χ0v) is 14.8. The summed E-state index contributed by atoms with van der Waals surface area (Å²) < 4.78 is 1.71. The van der Waals surface area contributed by atoms with Crippen molar-refractivity contribution in [3.63, 3.8) is 0 Å². The van der Waals surface area contributed by atoms with Crippen LogP contribution in [-0.4, -0.2) is 46.8 Å². The molecule has 1 aliphatic rings. The van der Waals surface area contributed by atoms with E-state index in [2.05, 4.69) is 27.7 Å². The normalized spacial score (nSPS) is 16.2. The van der Waals surface area contributed by atoms with Crippen LogP contribution in [0.3, 0.4) is 0 Å². The Kier molecular flexibility index (Phi) is 5.50. The molecule has 6 heteroatoms. The maximum Gasteiger partial charge on any atom is 0.248 e. The number of nitrogens with zero attached hydrogens (tertiary/aromatic N) is 3. The summed E-state index contributed by atoms with van der Waals surface area (Å²) in [5.41, 5.74) is 2.68. The predicted molar refractivity (Wildman–Crippen MR) is 101 cm³/mol. The lowest BCUT2D eigenvalue weighted by Gasteiger charge is -2.30. The molecule has 1 aromatic heterocycles. The lowest BCUT2D eigenvalue weighted by Crippen LogP contribution is -2.36. The van der Waals surface area contributed by atoms with E-state index in [9.17, 15) is 4.79 Å². The van der Waals surface area contributed by atoms with Crippen molar-refractivity contribution in [3.05, 3.63) is 48.3 Å². The number of amides is 1. The summed E-state index contributed by atoms with van der Waals surface area (Å²) in [6.07, 6.45) is 9.09. The molecule has 2 heterocycles. The van der Waals surface area contributed by atoms with Gasteiger partial charge in [0.05, 0.1) is 17.6 Å². The minimum absolute atomic E-state index is 0.151. The molecule has 1 saturated heterocycles. The molecule has 1 aliphatic heterocycles. The van der Waals surface area contributed by atoms with Crippen LogP contribution in [0.15, 0.2) is 42.7 Å². The number of rotatable bonds is 5. The number of hydrogen-bond acceptors (Lipinski definition) is 4. The van der Waals surface area contributed by atoms with Crippen LogP contribution < -0.4 is 10.6 Å². The van der Waals surface area contributed by atoms with Gasteiger partial charge >= 0.3 is 0 Å². The maximum atomic E-state index is 12.2. The van der Waals surface area contributed by atoms with E-state index in [0.717, 1.165) is 42.9 Å². The fraction of sp³-hybridized carbons (Fsp3) is 0.368. The van der Waals surface area contributed by atoms with Gasteiger partial charge in [-0.1, -0.05) is 12.1 Å². The van der Waals surface area contributed by atoms with Crippen LogP contribution in [0.4, 0.5) is 11.4 Å². The second kappa shape index (κ2) is 7.98. The highest BCUT2D eigenvalue weighted by molar-refractivity contribution is 6.03. The molecule has 0 saturated carbocycles. The Bertz CT molecular complexity index is 744. The fourth-order valence-corrected chi connectivity index (χ4v) is 2.96. The number of likely N-dealkylation sites (tertiary alicyclic amines) is 1. The summed E-state index contributed by atoms with van der Waals surface area (Å²) in [6, 6.07) is 8.30. The second-order valence-electron chi connectivity index (χ2n) is 6.54. The van der Waals surface area contributed by atoms with Gasteiger partial charge in [0.25, 0.3) is 0 Å². The third-order valence-electron chi connectivity index (χ3n) is 4.42. The minimum Gasteiger partial charge on any atom is -0.381 e. The van der Waals surface area contributed by atoms with E-state index < -0.39 is 0 Å². The lowest BCUT2D eigenvalue weighted by molar-refractivity contribution is -0.111. The summed E-state index contributed by atoms with van der Waals surface area (Å²) >= 11 is 0. The van der Waals surface area contributed by atoms with E-state index in [1.807, 2.05) is 37.5 Å². The van der Waals surface area contributed by atoms with E-state index in [-0.39, 0.29) is 5.91 Å². The Morgan fingerprint density at radius 1 is 1.20 bits per heavy atom. The summed E-state index contributed by atoms with van der Waals surface area (Å²) in [5.74, 6) is -0.151. The predicted octanol–water partition coefficient (Wildman–Crippen LogP) is 2.58. The maximum absolute atomic E-state index is 12.2. The van der Waals surface area contributed by atoms with Gasteiger partial charge in [-0.3, -0.25) is 9.48 Å². The van der Waals surface area contributed by atoms with Gasteiger partial charge < -0.3 is 15.5 Å². The average Bonchev–Trinajstić information content (AvgIpc) is 3.02. The first-order valence-corrected chi connectivity index (χ1v) is 8.62. The first-order valence-electron chi connectivity index (χ1n) is 8.62. The summed E-state index contributed by atoms with van der Waals surface area (Å²) in [6.45, 7) is 2.19. The quantitative estimate of drug-likeness (QED) is 0.822. The van der Waals surface area contributed by atoms with Crippen LogP contribution in [-0.2, 0) is 11.8 Å². The van der Waals surface area contributed by atoms with Crippen molar-refractivity contribution in [2.45, 2.75) is 18.9 Å². The van der Waals surface area contributed by atoms with E-state index in [0.29, 0.717) is 6.04 Å². The van der Waals surface area contributed by atoms with Gasteiger partial charge in [0.1, 0.15) is 0 Å². The molecule has 132 valence electrons. The molecule has 2 aromatic rings. The molecule has 25 heavy (non-hydrogen) atoms. The number of benzene rings is 1. The van der Waals surface area contributed by atoms with Crippen molar-refractivity contribution >= 4 is 23.4 Å². The van der Waals surface area contributed by atoms with Gasteiger partial charge in [-0.05, 0) is 51.2 Å². The van der Waals surface area contributed by atoms with Gasteiger partial charge in [-0.2, -0.15) is 5.10 Å². The van der Waals surface area contributed by atoms with Gasteiger partial charge in [0, 0.05) is 30.9 Å². The molecular formula is C19H25N5O. The smallest absolute Gasteiger partial charge is 0.248 e. The Morgan fingerprint density at radius 2 is 1.92 bits per heavy atom. The zero-order valence-electron chi connectivity index (χ0n) is 14.8. The topological polar surface area (TPSA) is 62.2 Å². The molecule has 2 N–H and O–H groups in total. The number of anilines is 2. The number of piperidine rings is 1. The molecule has 1 fully saturated rings. The van der Waals surface area contributed by atoms with Crippen molar-refractivity contribution in [3.8, 4) is 0 Å². The molecule has 1 aromatic carbocycles. The first-order chi connectivity index (χ1) is 12.1. The number of nitrogens with one attached hydrogen (secondary N) is 2. The number of hydrogen-bond donors (Lipinski definition) is 2. The first kappa shape index (κ1) is 17.2. The number of aryl methyl sites for hydroxylation is 1. The van der Waals surface area contributed by atoms with E-state index >= 15 is 0 Å². The van der Waals surface area contributed by atoms with Crippen LogP contribution >= 0.6 is 0 Å². The van der Waals surface area contributed by atoms with Crippen LogP contribution in [0.2, 0.25) is 0 Å². The third-order valence-corrected chi connectivity index (χ3v) is 4.42. The number of carbonyl (C=O) groups excluding carboxylic acids is 1. The highest BCUT2D eigenvalue weighted by Gasteiger charge is 2.17. The molecule has 0 unspecified atom stereocenters. The largest absolute Gasteiger partial charge is 0.381 e. The van der Waals surface area contributed by atoms with Crippen molar-refractivity contribution in [2.75, 3.05) is 30.8 Å². The van der Waals surface area contributed by atoms with Crippen molar-refractivity contribution in [1.29, 1.82) is 0 Å². The average molecular weight is 339 g/mol. The molecule has 0 aliphatic carbocycles. The molecular weight excluding hydrogens is 314 g/mol. The Balaban J connectivity index is 1.62. The van der Waals surface area contributed by atoms with Crippen LogP contribution in [0, 0.1) is 0 Å². The molecule has 6 nitrogen and oxygen atoms in total. The molecule has 1 amide bonds. The Morgan fingerprint density at radius 3 is 2.60 bits per heavy atom. The fourth-order valence-electron chi connectivity index (χ4n) is 2.96. The summed E-state index contributed by atoms with van der Waals surface area (Å²) in [7, 11) is 4.00. The minimum atomic E-state index is -0.151. The molecule has 0 bridgehead atoms. The van der Waals surface area contributed by atoms with Crippen molar-refractivity contribution in [1.82, 2.24) is 14.7 Å². The number of aromatic nitrogens is 2.